The van der Waals surface area contributed by atoms with E-state index >= 15 is 0 Å². The molecule has 0 spiro atoms. The van der Waals surface area contributed by atoms with Crippen LogP contribution in [-0.2, 0) is 32.6 Å². The minimum Gasteiger partial charge on any atom is -0.352 e. The van der Waals surface area contributed by atoms with Gasteiger partial charge < -0.3 is 10.2 Å². The van der Waals surface area contributed by atoms with Crippen molar-refractivity contribution in [3.05, 3.63) is 130 Å². The summed E-state index contributed by atoms with van der Waals surface area (Å²) in [6.45, 7) is -0.434. The fraction of sp³-hybridized carbons (Fsp3) is 0.278. The lowest BCUT2D eigenvalue weighted by Gasteiger charge is -2.35. The number of anilines is 1. The van der Waals surface area contributed by atoms with Gasteiger partial charge in [-0.25, -0.2) is 8.42 Å². The summed E-state index contributed by atoms with van der Waals surface area (Å²) in [5.41, 5.74) is 1.94. The Bertz CT molecular complexity index is 1730. The smallest absolute Gasteiger partial charge is 0.264 e. The average Bonchev–Trinajstić information content (AvgIpc) is 3.06. The first-order valence-corrected chi connectivity index (χ1v) is 18.0. The maximum Gasteiger partial charge on any atom is 0.264 e. The lowest BCUT2D eigenvalue weighted by atomic mass is 9.94. The number of halogens is 2. The lowest BCUT2D eigenvalue weighted by Crippen LogP contribution is -2.55. The first-order valence-electron chi connectivity index (χ1n) is 15.4. The van der Waals surface area contributed by atoms with Crippen molar-refractivity contribution in [3.63, 3.8) is 0 Å². The van der Waals surface area contributed by atoms with Gasteiger partial charge in [0.05, 0.1) is 10.6 Å². The molecule has 1 aliphatic carbocycles. The van der Waals surface area contributed by atoms with Gasteiger partial charge in [-0.2, -0.15) is 0 Å². The predicted molar refractivity (Wildman–Crippen MR) is 186 cm³/mol. The second-order valence-electron chi connectivity index (χ2n) is 11.5. The fourth-order valence-corrected chi connectivity index (χ4v) is 7.87. The van der Waals surface area contributed by atoms with Crippen LogP contribution in [0.2, 0.25) is 5.02 Å². The topological polar surface area (TPSA) is 86.8 Å². The van der Waals surface area contributed by atoms with Crippen LogP contribution in [0.5, 0.6) is 0 Å². The molecule has 7 nitrogen and oxygen atoms in total. The molecule has 4 aromatic rings. The number of hydrogen-bond donors (Lipinski definition) is 1. The van der Waals surface area contributed by atoms with Gasteiger partial charge in [0.15, 0.2) is 0 Å². The Hall–Kier alpha value is -3.66. The normalized spacial score (nSPS) is 14.3. The van der Waals surface area contributed by atoms with Crippen molar-refractivity contribution in [2.75, 3.05) is 10.8 Å². The Morgan fingerprint density at radius 3 is 2.15 bits per heavy atom. The fourth-order valence-electron chi connectivity index (χ4n) is 5.81. The van der Waals surface area contributed by atoms with Crippen molar-refractivity contribution in [2.24, 2.45) is 0 Å². The van der Waals surface area contributed by atoms with Gasteiger partial charge in [-0.1, -0.05) is 114 Å². The van der Waals surface area contributed by atoms with E-state index in [9.17, 15) is 18.0 Å². The van der Waals surface area contributed by atoms with Gasteiger partial charge in [0.2, 0.25) is 11.8 Å². The molecule has 1 atom stereocenters. The molecule has 0 radical (unpaired) electrons. The van der Waals surface area contributed by atoms with Gasteiger partial charge in [0.25, 0.3) is 10.0 Å². The molecule has 4 aromatic carbocycles. The van der Waals surface area contributed by atoms with Crippen LogP contribution in [0.3, 0.4) is 0 Å². The van der Waals surface area contributed by atoms with E-state index in [4.69, 9.17) is 11.6 Å². The molecule has 1 N–H and O–H groups in total. The van der Waals surface area contributed by atoms with Crippen LogP contribution in [0.25, 0.3) is 0 Å². The summed E-state index contributed by atoms with van der Waals surface area (Å²) >= 11 is 9.83. The van der Waals surface area contributed by atoms with Crippen molar-refractivity contribution < 1.29 is 18.0 Å². The molecule has 0 heterocycles. The quantitative estimate of drug-likeness (QED) is 0.165. The molecule has 10 heteroatoms. The van der Waals surface area contributed by atoms with Crippen LogP contribution in [0.4, 0.5) is 5.69 Å². The predicted octanol–water partition coefficient (Wildman–Crippen LogP) is 7.39. The first-order chi connectivity index (χ1) is 22.2. The molecule has 0 aliphatic heterocycles. The van der Waals surface area contributed by atoms with Crippen LogP contribution < -0.4 is 9.62 Å². The van der Waals surface area contributed by atoms with Gasteiger partial charge in [-0.15, -0.1) is 0 Å². The average molecular weight is 723 g/mol. The molecule has 1 fully saturated rings. The van der Waals surface area contributed by atoms with Gasteiger partial charge in [-0.3, -0.25) is 13.9 Å². The van der Waals surface area contributed by atoms with E-state index in [-0.39, 0.29) is 35.5 Å². The molecule has 0 saturated heterocycles. The molecule has 1 unspecified atom stereocenters. The summed E-state index contributed by atoms with van der Waals surface area (Å²) in [6.07, 6.45) is 5.27. The highest BCUT2D eigenvalue weighted by Gasteiger charge is 2.35. The number of carbonyl (C=O) groups is 2. The van der Waals surface area contributed by atoms with Crippen molar-refractivity contribution >= 4 is 55.1 Å². The van der Waals surface area contributed by atoms with Crippen molar-refractivity contribution in [3.8, 4) is 0 Å². The number of nitrogens with one attached hydrogen (secondary N) is 1. The van der Waals surface area contributed by atoms with Crippen LogP contribution >= 0.6 is 27.5 Å². The highest BCUT2D eigenvalue weighted by Crippen LogP contribution is 2.27. The molecule has 2 amide bonds. The highest BCUT2D eigenvalue weighted by molar-refractivity contribution is 9.10. The van der Waals surface area contributed by atoms with Crippen LogP contribution in [0, 0.1) is 0 Å². The summed E-state index contributed by atoms with van der Waals surface area (Å²) < 4.78 is 30.1. The molecule has 5 rings (SSSR count). The maximum absolute atomic E-state index is 14.6. The monoisotopic (exact) mass is 721 g/mol. The largest absolute Gasteiger partial charge is 0.352 e. The second kappa shape index (κ2) is 15.8. The summed E-state index contributed by atoms with van der Waals surface area (Å²) in [5, 5.41) is 3.56. The van der Waals surface area contributed by atoms with E-state index in [1.165, 1.54) is 23.1 Å². The zero-order chi connectivity index (χ0) is 32.5. The van der Waals surface area contributed by atoms with E-state index in [2.05, 4.69) is 21.2 Å². The molecular weight excluding hydrogens is 686 g/mol. The maximum atomic E-state index is 14.6. The van der Waals surface area contributed by atoms with Crippen molar-refractivity contribution in [1.82, 2.24) is 10.2 Å². The number of benzene rings is 4. The van der Waals surface area contributed by atoms with Crippen molar-refractivity contribution in [2.45, 2.75) is 62.0 Å². The van der Waals surface area contributed by atoms with Crippen molar-refractivity contribution in [1.29, 1.82) is 0 Å². The summed E-state index contributed by atoms with van der Waals surface area (Å²) in [7, 11) is -4.19. The second-order valence-corrected chi connectivity index (χ2v) is 14.7. The Kier molecular flexibility index (Phi) is 11.5. The zero-order valence-corrected chi connectivity index (χ0v) is 28.6. The third-order valence-electron chi connectivity index (χ3n) is 8.17. The molecule has 0 aromatic heterocycles. The number of hydrogen-bond acceptors (Lipinski definition) is 4. The minimum absolute atomic E-state index is 0.0313. The molecule has 1 saturated carbocycles. The summed E-state index contributed by atoms with van der Waals surface area (Å²) in [5.74, 6) is -0.765. The molecular formula is C36H37BrClN3O4S. The Morgan fingerprint density at radius 2 is 1.48 bits per heavy atom. The molecule has 1 aliphatic rings. The van der Waals surface area contributed by atoms with E-state index in [0.29, 0.717) is 5.02 Å². The molecule has 0 bridgehead atoms. The Morgan fingerprint density at radius 1 is 0.826 bits per heavy atom. The molecule has 240 valence electrons. The van der Waals surface area contributed by atoms with Gasteiger partial charge >= 0.3 is 0 Å². The third kappa shape index (κ3) is 8.78. The Balaban J connectivity index is 1.56. The lowest BCUT2D eigenvalue weighted by molar-refractivity contribution is -0.140. The highest BCUT2D eigenvalue weighted by atomic mass is 79.9. The van der Waals surface area contributed by atoms with Gasteiger partial charge in [-0.05, 0) is 66.4 Å². The van der Waals surface area contributed by atoms with E-state index in [1.807, 2.05) is 54.6 Å². The minimum atomic E-state index is -4.19. The van der Waals surface area contributed by atoms with Crippen LogP contribution in [-0.4, -0.2) is 43.8 Å². The number of sulfonamides is 1. The summed E-state index contributed by atoms with van der Waals surface area (Å²) in [4.78, 5) is 30.3. The van der Waals surface area contributed by atoms with Gasteiger partial charge in [0.1, 0.15) is 12.6 Å². The summed E-state index contributed by atoms with van der Waals surface area (Å²) in [6, 6.07) is 30.7. The number of nitrogens with zero attached hydrogens (tertiary/aromatic N) is 2. The Labute approximate surface area is 284 Å². The zero-order valence-electron chi connectivity index (χ0n) is 25.4. The van der Waals surface area contributed by atoms with Crippen LogP contribution in [0.1, 0.15) is 43.2 Å². The van der Waals surface area contributed by atoms with E-state index in [1.54, 1.807) is 36.4 Å². The van der Waals surface area contributed by atoms with E-state index in [0.717, 1.165) is 52.0 Å². The SMILES string of the molecule is O=C(NC1CCCCC1)C(Cc1ccccc1)N(Cc1cccc(Br)c1)C(=O)CN(c1cccc(Cl)c1)S(=O)(=O)c1ccccc1. The number of carbonyl (C=O) groups excluding carboxylic acids is 2. The molecule has 46 heavy (non-hydrogen) atoms. The third-order valence-corrected chi connectivity index (χ3v) is 10.7. The van der Waals surface area contributed by atoms with Gasteiger partial charge in [0, 0.05) is 28.5 Å². The number of rotatable bonds is 12. The van der Waals surface area contributed by atoms with Crippen LogP contribution in [0.15, 0.2) is 119 Å². The standard InChI is InChI=1S/C36H37BrClN3O4S/c37-29-15-10-14-28(22-29)25-40(34(23-27-12-4-1-5-13-27)36(43)39-31-17-6-2-7-18-31)35(42)26-41(32-19-11-16-30(38)24-32)46(44,45)33-20-8-3-9-21-33/h1,3-5,8-16,19-22,24,31,34H,2,6-7,17-18,23,25-26H2,(H,39,43). The van der Waals surface area contributed by atoms with E-state index < -0.39 is 28.5 Å². The number of amides is 2. The first kappa shape index (κ1) is 33.7.